The summed E-state index contributed by atoms with van der Waals surface area (Å²) < 4.78 is 0. The third-order valence-electron chi connectivity index (χ3n) is 14.1. The Hall–Kier alpha value is -6.74. The number of fused-ring (bicyclic) bond motifs is 6. The van der Waals surface area contributed by atoms with Crippen LogP contribution in [0.1, 0.15) is 35.1 Å². The Morgan fingerprint density at radius 3 is 1.15 bits per heavy atom. The Morgan fingerprint density at radius 2 is 0.879 bits per heavy atom. The number of hydrogen-bond acceptors (Lipinski definition) is 18. The van der Waals surface area contributed by atoms with Crippen molar-refractivity contribution in [2.75, 3.05) is 66.2 Å². The number of carbonyl (C=O) groups is 6. The third kappa shape index (κ3) is 6.48. The first kappa shape index (κ1) is 47.2. The number of aliphatic hydroxyl groups is 6. The van der Waals surface area contributed by atoms with Crippen molar-refractivity contribution in [1.29, 1.82) is 0 Å². The molecule has 4 unspecified atom stereocenters. The van der Waals surface area contributed by atoms with Crippen LogP contribution in [0.2, 0.25) is 0 Å². The minimum Gasteiger partial charge on any atom is -0.508 e. The first-order valence-electron chi connectivity index (χ1n) is 21.0. The monoisotopic (exact) mass is 914 g/mol. The molecule has 6 aliphatic carbocycles. The van der Waals surface area contributed by atoms with Crippen LogP contribution in [-0.4, -0.2) is 165 Å². The second-order valence-corrected chi connectivity index (χ2v) is 18.6. The van der Waals surface area contributed by atoms with E-state index in [1.54, 1.807) is 40.3 Å². The first-order chi connectivity index (χ1) is 30.7. The fourth-order valence-electron chi connectivity index (χ4n) is 11.3. The van der Waals surface area contributed by atoms with Gasteiger partial charge in [-0.3, -0.25) is 38.6 Å². The van der Waals surface area contributed by atoms with Crippen LogP contribution in [0.15, 0.2) is 58.1 Å². The maximum absolute atomic E-state index is 13.7. The average Bonchev–Trinajstić information content (AvgIpc) is 3.20. The molecule has 2 amide bonds. The lowest BCUT2D eigenvalue weighted by atomic mass is 9.57. The molecule has 0 heterocycles. The highest BCUT2D eigenvalue weighted by Crippen LogP contribution is 2.55. The summed E-state index contributed by atoms with van der Waals surface area (Å²) in [6, 6.07) is 4.02. The molecule has 20 nitrogen and oxygen atoms in total. The lowest BCUT2D eigenvalue weighted by Gasteiger charge is -2.50. The summed E-state index contributed by atoms with van der Waals surface area (Å²) in [5, 5.41) is 87.8. The summed E-state index contributed by atoms with van der Waals surface area (Å²) in [6.07, 6.45) is 0.648. The number of benzene rings is 2. The highest BCUT2D eigenvalue weighted by atomic mass is 16.4. The number of primary amides is 2. The maximum Gasteiger partial charge on any atom is 0.255 e. The molecule has 0 aromatic heterocycles. The van der Waals surface area contributed by atoms with E-state index in [4.69, 9.17) is 11.5 Å². The molecule has 2 fully saturated rings. The van der Waals surface area contributed by atoms with Gasteiger partial charge in [-0.15, -0.1) is 0 Å². The number of nitrogens with zero attached hydrogens (tertiary/aromatic N) is 4. The summed E-state index contributed by atoms with van der Waals surface area (Å²) in [5.74, 6) is -13.1. The van der Waals surface area contributed by atoms with Gasteiger partial charge < -0.3 is 62.1 Å². The van der Waals surface area contributed by atoms with Crippen molar-refractivity contribution in [3.8, 4) is 11.5 Å². The number of phenols is 2. The molecule has 12 N–H and O–H groups in total. The van der Waals surface area contributed by atoms with E-state index in [-0.39, 0.29) is 59.5 Å². The van der Waals surface area contributed by atoms with Gasteiger partial charge in [0.25, 0.3) is 11.8 Å². The molecule has 8 rings (SSSR count). The molecule has 0 bridgehead atoms. The van der Waals surface area contributed by atoms with Crippen LogP contribution in [-0.2, 0) is 41.6 Å². The zero-order valence-electron chi connectivity index (χ0n) is 37.6. The van der Waals surface area contributed by atoms with Gasteiger partial charge in [-0.1, -0.05) is 0 Å². The Bertz CT molecular complexity index is 2520. The van der Waals surface area contributed by atoms with Gasteiger partial charge in [-0.25, -0.2) is 0 Å². The normalized spacial score (nSPS) is 29.1. The van der Waals surface area contributed by atoms with Crippen LogP contribution in [0.5, 0.6) is 11.5 Å². The van der Waals surface area contributed by atoms with E-state index in [1.165, 1.54) is 21.9 Å². The SMILES string of the molecule is CN(C)c1ccc(O)c2c1CC1CC3C(N(C)C)C(=O)C(C(N)=O)=C(O)C3(O)C(=O)C1=C2O.CN(C)c1ccc(O)c2c1C[C@H]1C[C@H]3[C@H](N(C)C)C(=O)C(C(N)=O)=C(O)[C@@]3(O)C(=O)C1=C2O. The highest BCUT2D eigenvalue weighted by Gasteiger charge is 2.66. The largest absolute Gasteiger partial charge is 0.508 e. The summed E-state index contributed by atoms with van der Waals surface area (Å²) in [7, 11) is 13.5. The van der Waals surface area contributed by atoms with Crippen LogP contribution in [0, 0.1) is 23.7 Å². The number of amides is 2. The molecular formula is C46H54N6O14. The number of hydrogen-bond donors (Lipinski definition) is 10. The van der Waals surface area contributed by atoms with Crippen molar-refractivity contribution >= 4 is 57.8 Å². The molecule has 352 valence electrons. The zero-order valence-corrected chi connectivity index (χ0v) is 37.6. The van der Waals surface area contributed by atoms with Crippen LogP contribution >= 0.6 is 0 Å². The molecule has 0 saturated heterocycles. The Balaban J connectivity index is 0.000000196. The van der Waals surface area contributed by atoms with E-state index in [9.17, 15) is 69.6 Å². The fourth-order valence-corrected chi connectivity index (χ4v) is 11.3. The second-order valence-electron chi connectivity index (χ2n) is 18.6. The predicted molar refractivity (Wildman–Crippen MR) is 237 cm³/mol. The molecular weight excluding hydrogens is 861 g/mol. The minimum atomic E-state index is -2.63. The van der Waals surface area contributed by atoms with Gasteiger partial charge in [0.1, 0.15) is 45.7 Å². The number of nitrogens with two attached hydrogens (primary N) is 2. The molecule has 0 aliphatic heterocycles. The molecule has 8 atom stereocenters. The summed E-state index contributed by atoms with van der Waals surface area (Å²) in [5.41, 5.74) is 6.30. The molecule has 0 radical (unpaired) electrons. The van der Waals surface area contributed by atoms with Gasteiger partial charge in [-0.05, 0) is 101 Å². The van der Waals surface area contributed by atoms with Gasteiger partial charge in [0.2, 0.25) is 11.6 Å². The van der Waals surface area contributed by atoms with Crippen LogP contribution < -0.4 is 21.3 Å². The number of aliphatic hydroxyl groups excluding tert-OH is 4. The molecule has 66 heavy (non-hydrogen) atoms. The smallest absolute Gasteiger partial charge is 0.255 e. The number of Topliss-reactive ketones (excluding diaryl/α,β-unsaturated/α-hetero) is 4. The van der Waals surface area contributed by atoms with Gasteiger partial charge in [-0.2, -0.15) is 0 Å². The first-order valence-corrected chi connectivity index (χ1v) is 21.0. The lowest BCUT2D eigenvalue weighted by Crippen LogP contribution is -2.65. The van der Waals surface area contributed by atoms with E-state index >= 15 is 0 Å². The van der Waals surface area contributed by atoms with E-state index in [0.717, 1.165) is 11.4 Å². The zero-order chi connectivity index (χ0) is 49.1. The Labute approximate surface area is 378 Å². The average molecular weight is 915 g/mol. The molecule has 2 saturated carbocycles. The van der Waals surface area contributed by atoms with Crippen molar-refractivity contribution in [1.82, 2.24) is 9.80 Å². The maximum atomic E-state index is 13.7. The number of ketones is 4. The molecule has 2 aromatic carbocycles. The quantitative estimate of drug-likeness (QED) is 0.171. The van der Waals surface area contributed by atoms with Gasteiger partial charge in [0.05, 0.1) is 23.2 Å². The van der Waals surface area contributed by atoms with Crippen molar-refractivity contribution in [3.63, 3.8) is 0 Å². The number of carbonyl (C=O) groups excluding carboxylic acids is 6. The van der Waals surface area contributed by atoms with E-state index < -0.39 is 116 Å². The third-order valence-corrected chi connectivity index (χ3v) is 14.1. The summed E-state index contributed by atoms with van der Waals surface area (Å²) >= 11 is 0. The molecule has 20 heteroatoms. The van der Waals surface area contributed by atoms with Crippen LogP contribution in [0.4, 0.5) is 11.4 Å². The second kappa shape index (κ2) is 16.0. The van der Waals surface area contributed by atoms with Crippen molar-refractivity contribution in [2.24, 2.45) is 35.1 Å². The number of anilines is 2. The Kier molecular flexibility index (Phi) is 11.5. The number of rotatable bonds is 6. The number of likely N-dealkylation sites (N-methyl/N-ethyl adjacent to an activating group) is 2. The minimum absolute atomic E-state index is 0.0638. The van der Waals surface area contributed by atoms with Gasteiger partial charge in [0.15, 0.2) is 22.8 Å². The number of aromatic hydroxyl groups is 2. The van der Waals surface area contributed by atoms with Gasteiger partial charge in [0, 0.05) is 62.5 Å². The summed E-state index contributed by atoms with van der Waals surface area (Å²) in [4.78, 5) is 84.0. The lowest BCUT2D eigenvalue weighted by molar-refractivity contribution is -0.155. The van der Waals surface area contributed by atoms with Crippen LogP contribution in [0.25, 0.3) is 11.5 Å². The van der Waals surface area contributed by atoms with Crippen molar-refractivity contribution in [2.45, 2.75) is 49.0 Å². The van der Waals surface area contributed by atoms with E-state index in [0.29, 0.717) is 11.1 Å². The number of phenolic OH excluding ortho intramolecular Hbond substituents is 2. The standard InChI is InChI=1S/2C23H27N3O7/c2*1-25(2)12-5-6-13(27)15-10(12)7-9-8-11-17(26(3)4)19(29)16(22(24)32)21(31)23(11,33)20(30)14(9)18(15)28/h2*5-6,9,11,17,27-28,31,33H,7-8H2,1-4H3,(H2,24,32)/t9-,11-,17-,23-;/m0./s1. The van der Waals surface area contributed by atoms with E-state index in [1.807, 2.05) is 38.0 Å². The molecule has 6 aliphatic rings. The fraction of sp³-hybridized carbons (Fsp3) is 0.435. The summed E-state index contributed by atoms with van der Waals surface area (Å²) in [6.45, 7) is 0. The van der Waals surface area contributed by atoms with Crippen LogP contribution in [0.3, 0.4) is 0 Å². The van der Waals surface area contributed by atoms with Crippen molar-refractivity contribution in [3.05, 3.63) is 80.3 Å². The predicted octanol–water partition coefficient (Wildman–Crippen LogP) is 0.0600. The topological polar surface area (TPSA) is 329 Å². The molecule has 0 spiro atoms. The highest BCUT2D eigenvalue weighted by molar-refractivity contribution is 6.25. The van der Waals surface area contributed by atoms with Crippen molar-refractivity contribution < 1.29 is 69.6 Å². The van der Waals surface area contributed by atoms with Gasteiger partial charge >= 0.3 is 0 Å². The Morgan fingerprint density at radius 1 is 0.561 bits per heavy atom. The van der Waals surface area contributed by atoms with E-state index in [2.05, 4.69) is 0 Å². The molecule has 2 aromatic rings.